The lowest BCUT2D eigenvalue weighted by atomic mass is 10.1. The van der Waals surface area contributed by atoms with Crippen LogP contribution in [0.4, 0.5) is 16.2 Å². The van der Waals surface area contributed by atoms with Crippen LogP contribution >= 0.6 is 22.9 Å². The third-order valence-electron chi connectivity index (χ3n) is 6.07. The molecule has 1 saturated heterocycles. The minimum Gasteiger partial charge on any atom is -0.489 e. The number of thiophene rings is 1. The molecule has 2 amide bonds. The lowest BCUT2D eigenvalue weighted by Crippen LogP contribution is -2.48. The molecule has 5 rings (SSSR count). The van der Waals surface area contributed by atoms with E-state index in [9.17, 15) is 23.1 Å². The number of amides is 2. The molecule has 0 bridgehead atoms. The van der Waals surface area contributed by atoms with E-state index in [1.807, 2.05) is 0 Å². The van der Waals surface area contributed by atoms with E-state index in [1.54, 1.807) is 34.9 Å². The van der Waals surface area contributed by atoms with Gasteiger partial charge in [0.05, 0.1) is 40.3 Å². The van der Waals surface area contributed by atoms with Crippen LogP contribution in [0.5, 0.6) is 5.75 Å². The molecule has 35 heavy (non-hydrogen) atoms. The molecular formula is C21H22ClN4O7S2+. The Balaban J connectivity index is 1.31. The fourth-order valence-corrected chi connectivity index (χ4v) is 6.03. The van der Waals surface area contributed by atoms with E-state index in [2.05, 4.69) is 5.32 Å². The highest BCUT2D eigenvalue weighted by molar-refractivity contribution is 7.88. The molecule has 0 unspecified atom stereocenters. The SMILES string of the molecule is CS(=O)(=O)N1CC[N+](c2ccc3c(c2)OC[C@H]2[C@H](CNC(=O)c4ccc(Cl)s4)OC(=O)N32)=C(O)C1. The van der Waals surface area contributed by atoms with Crippen LogP contribution in [0.25, 0.3) is 0 Å². The van der Waals surface area contributed by atoms with Crippen LogP contribution in [0.15, 0.2) is 30.3 Å². The van der Waals surface area contributed by atoms with Crippen molar-refractivity contribution in [3.63, 3.8) is 0 Å². The quantitative estimate of drug-likeness (QED) is 0.552. The molecule has 1 fully saturated rings. The predicted octanol–water partition coefficient (Wildman–Crippen LogP) is 1.79. The van der Waals surface area contributed by atoms with Crippen molar-refractivity contribution >= 4 is 62.2 Å². The Morgan fingerprint density at radius 1 is 1.34 bits per heavy atom. The van der Waals surface area contributed by atoms with Gasteiger partial charge in [-0.1, -0.05) is 11.6 Å². The van der Waals surface area contributed by atoms with Crippen molar-refractivity contribution in [3.8, 4) is 5.75 Å². The van der Waals surface area contributed by atoms with E-state index in [4.69, 9.17) is 21.1 Å². The Morgan fingerprint density at radius 3 is 2.83 bits per heavy atom. The van der Waals surface area contributed by atoms with Gasteiger partial charge in [0.15, 0.2) is 6.54 Å². The van der Waals surface area contributed by atoms with Gasteiger partial charge in [0.25, 0.3) is 5.91 Å². The maximum Gasteiger partial charge on any atom is 0.415 e. The number of hydrogen-bond donors (Lipinski definition) is 2. The molecule has 1 aromatic heterocycles. The first-order chi connectivity index (χ1) is 16.6. The summed E-state index contributed by atoms with van der Waals surface area (Å²) in [6.45, 7) is 0.648. The van der Waals surface area contributed by atoms with E-state index < -0.39 is 28.3 Å². The van der Waals surface area contributed by atoms with Gasteiger partial charge in [-0.25, -0.2) is 13.2 Å². The number of nitrogens with zero attached hydrogens (tertiary/aromatic N) is 3. The molecule has 186 valence electrons. The van der Waals surface area contributed by atoms with Crippen molar-refractivity contribution in [2.24, 2.45) is 0 Å². The number of rotatable bonds is 5. The predicted molar refractivity (Wildman–Crippen MR) is 129 cm³/mol. The van der Waals surface area contributed by atoms with Crippen molar-refractivity contribution in [1.29, 1.82) is 0 Å². The van der Waals surface area contributed by atoms with Crippen LogP contribution in [0.2, 0.25) is 4.34 Å². The normalized spacial score (nSPS) is 22.3. The number of benzene rings is 1. The minimum absolute atomic E-state index is 0.0984. The molecular weight excluding hydrogens is 520 g/mol. The van der Waals surface area contributed by atoms with Crippen LogP contribution in [0.1, 0.15) is 9.67 Å². The Bertz CT molecular complexity index is 1340. The molecule has 14 heteroatoms. The van der Waals surface area contributed by atoms with E-state index >= 15 is 0 Å². The third-order valence-corrected chi connectivity index (χ3v) is 8.55. The van der Waals surface area contributed by atoms with Crippen molar-refractivity contribution in [1.82, 2.24) is 9.62 Å². The average molecular weight is 542 g/mol. The van der Waals surface area contributed by atoms with E-state index in [0.717, 1.165) is 17.6 Å². The van der Waals surface area contributed by atoms with Crippen molar-refractivity contribution in [3.05, 3.63) is 39.5 Å². The Kier molecular flexibility index (Phi) is 6.11. The highest BCUT2D eigenvalue weighted by Crippen LogP contribution is 2.40. The summed E-state index contributed by atoms with van der Waals surface area (Å²) in [6.07, 6.45) is -0.0388. The fraction of sp³-hybridized carbons (Fsp3) is 0.381. The fourth-order valence-electron chi connectivity index (χ4n) is 4.30. The van der Waals surface area contributed by atoms with Gasteiger partial charge in [0, 0.05) is 6.07 Å². The molecule has 3 aliphatic heterocycles. The third kappa shape index (κ3) is 4.56. The van der Waals surface area contributed by atoms with Gasteiger partial charge in [-0.3, -0.25) is 9.69 Å². The number of carbonyl (C=O) groups is 2. The van der Waals surface area contributed by atoms with Gasteiger partial charge in [0.1, 0.15) is 31.0 Å². The number of fused-ring (bicyclic) bond motifs is 3. The standard InChI is InChI=1S/C21H21ClN4O7S2/c1-35(30,31)24-6-7-25(19(27)10-24)12-2-3-13-15(8-12)32-11-14-16(33-21(29)26(13)14)9-23-20(28)17-4-5-18(22)34-17/h2-5,8,14,16H,6-7,9-11H2,1H3,(H,23,28)/p+1/t14-,16-/m0/s1. The summed E-state index contributed by atoms with van der Waals surface area (Å²) in [6, 6.07) is 7.96. The first-order valence-corrected chi connectivity index (χ1v) is 13.7. The topological polar surface area (TPSA) is 128 Å². The van der Waals surface area contributed by atoms with E-state index in [1.165, 1.54) is 9.21 Å². The summed E-state index contributed by atoms with van der Waals surface area (Å²) in [5.41, 5.74) is 1.13. The molecule has 11 nitrogen and oxygen atoms in total. The van der Waals surface area contributed by atoms with Gasteiger partial charge in [-0.05, 0) is 18.2 Å². The van der Waals surface area contributed by atoms with Gasteiger partial charge < -0.3 is 19.9 Å². The zero-order chi connectivity index (χ0) is 24.9. The number of anilines is 1. The summed E-state index contributed by atoms with van der Waals surface area (Å²) < 4.78 is 38.3. The number of carbonyl (C=O) groups excluding carboxylic acids is 2. The van der Waals surface area contributed by atoms with Crippen molar-refractivity contribution in [2.45, 2.75) is 12.1 Å². The lowest BCUT2D eigenvalue weighted by Gasteiger charge is -2.31. The van der Waals surface area contributed by atoms with Crippen LogP contribution in [0.3, 0.4) is 0 Å². The molecule has 0 aliphatic carbocycles. The zero-order valence-electron chi connectivity index (χ0n) is 18.5. The smallest absolute Gasteiger partial charge is 0.415 e. The van der Waals surface area contributed by atoms with Gasteiger partial charge >= 0.3 is 12.0 Å². The highest BCUT2D eigenvalue weighted by atomic mass is 35.5. The Hall–Kier alpha value is -2.87. The Labute approximate surface area is 210 Å². The Morgan fingerprint density at radius 2 is 2.14 bits per heavy atom. The molecule has 2 N–H and O–H groups in total. The molecule has 2 atom stereocenters. The van der Waals surface area contributed by atoms with Crippen molar-refractivity contribution in [2.75, 3.05) is 43.9 Å². The number of cyclic esters (lactones) is 1. The summed E-state index contributed by atoms with van der Waals surface area (Å²) in [4.78, 5) is 27.0. The lowest BCUT2D eigenvalue weighted by molar-refractivity contribution is -0.456. The first kappa shape index (κ1) is 23.9. The molecule has 0 spiro atoms. The number of nitrogens with one attached hydrogen (secondary N) is 1. The largest absolute Gasteiger partial charge is 0.489 e. The first-order valence-electron chi connectivity index (χ1n) is 10.7. The average Bonchev–Trinajstić information content (AvgIpc) is 3.39. The molecule has 1 aromatic carbocycles. The highest BCUT2D eigenvalue weighted by Gasteiger charge is 2.47. The van der Waals surface area contributed by atoms with Crippen LogP contribution < -0.4 is 15.0 Å². The van der Waals surface area contributed by atoms with E-state index in [-0.39, 0.29) is 44.6 Å². The summed E-state index contributed by atoms with van der Waals surface area (Å²) >= 11 is 7.05. The van der Waals surface area contributed by atoms with Gasteiger partial charge in [-0.15, -0.1) is 11.3 Å². The molecule has 4 heterocycles. The molecule has 2 aromatic rings. The number of halogens is 1. The minimum atomic E-state index is -3.41. The number of aliphatic hydroxyl groups is 1. The summed E-state index contributed by atoms with van der Waals surface area (Å²) in [5, 5.41) is 13.2. The number of sulfonamides is 1. The zero-order valence-corrected chi connectivity index (χ0v) is 20.9. The second-order valence-electron chi connectivity index (χ2n) is 8.30. The monoisotopic (exact) mass is 541 g/mol. The molecule has 0 saturated carbocycles. The van der Waals surface area contributed by atoms with Gasteiger partial charge in [-0.2, -0.15) is 8.88 Å². The van der Waals surface area contributed by atoms with E-state index in [0.29, 0.717) is 26.3 Å². The van der Waals surface area contributed by atoms with Crippen LogP contribution in [0, 0.1) is 0 Å². The second kappa shape index (κ2) is 8.97. The number of ether oxygens (including phenoxy) is 2. The molecule has 3 aliphatic rings. The van der Waals surface area contributed by atoms with Crippen LogP contribution in [-0.2, 0) is 14.8 Å². The summed E-state index contributed by atoms with van der Waals surface area (Å²) in [5.74, 6) is 0.0379. The van der Waals surface area contributed by atoms with Crippen molar-refractivity contribution < 1.29 is 37.2 Å². The summed E-state index contributed by atoms with van der Waals surface area (Å²) in [7, 11) is -3.41. The second-order valence-corrected chi connectivity index (χ2v) is 12.0. The number of aliphatic hydroxyl groups excluding tert-OH is 1. The maximum absolute atomic E-state index is 12.7. The molecule has 0 radical (unpaired) electrons. The maximum atomic E-state index is 12.7. The number of hydrogen-bond acceptors (Lipinski definition) is 7. The van der Waals surface area contributed by atoms with Crippen LogP contribution in [-0.4, -0.2) is 91.5 Å². The van der Waals surface area contributed by atoms with Gasteiger partial charge in [0.2, 0.25) is 15.7 Å².